The maximum atomic E-state index is 13.4. The number of halogens is 1. The molecule has 2 heterocycles. The number of nitrogens with zero attached hydrogens (tertiary/aromatic N) is 1. The molecule has 1 aliphatic heterocycles. The van der Waals surface area contributed by atoms with E-state index in [1.54, 1.807) is 25.3 Å². The van der Waals surface area contributed by atoms with E-state index in [0.29, 0.717) is 47.1 Å². The Balaban J connectivity index is 1.52. The highest BCUT2D eigenvalue weighted by atomic mass is 35.5. The molecular formula is C26H22ClNO4. The molecule has 0 fully saturated rings. The zero-order valence-electron chi connectivity index (χ0n) is 17.9. The third-order valence-corrected chi connectivity index (χ3v) is 6.03. The number of ether oxygens (including phenoxy) is 2. The second-order valence-corrected chi connectivity index (χ2v) is 8.33. The summed E-state index contributed by atoms with van der Waals surface area (Å²) in [4.78, 5) is 15.6. The van der Waals surface area contributed by atoms with Gasteiger partial charge in [-0.05, 0) is 54.4 Å². The number of methoxy groups -OCH3 is 1. The van der Waals surface area contributed by atoms with Crippen LogP contribution in [0.15, 0.2) is 69.9 Å². The van der Waals surface area contributed by atoms with Gasteiger partial charge in [-0.25, -0.2) is 0 Å². The summed E-state index contributed by atoms with van der Waals surface area (Å²) in [7, 11) is 1.66. The molecule has 1 aromatic heterocycles. The predicted octanol–water partition coefficient (Wildman–Crippen LogP) is 5.78. The van der Waals surface area contributed by atoms with Crippen LogP contribution in [0.5, 0.6) is 11.5 Å². The summed E-state index contributed by atoms with van der Waals surface area (Å²) in [5.74, 6) is 2.16. The maximum Gasteiger partial charge on any atom is 0.200 e. The highest BCUT2D eigenvalue weighted by Gasteiger charge is 2.24. The molecule has 0 saturated carbocycles. The summed E-state index contributed by atoms with van der Waals surface area (Å²) in [6.45, 7) is 3.63. The highest BCUT2D eigenvalue weighted by molar-refractivity contribution is 6.30. The van der Waals surface area contributed by atoms with E-state index in [-0.39, 0.29) is 5.43 Å². The minimum absolute atomic E-state index is 0.0545. The highest BCUT2D eigenvalue weighted by Crippen LogP contribution is 2.34. The zero-order valence-corrected chi connectivity index (χ0v) is 18.6. The van der Waals surface area contributed by atoms with Gasteiger partial charge in [0, 0.05) is 18.1 Å². The Morgan fingerprint density at radius 2 is 1.78 bits per heavy atom. The third-order valence-electron chi connectivity index (χ3n) is 5.78. The molecule has 5 rings (SSSR count). The number of fused-ring (bicyclic) bond motifs is 3. The molecule has 0 N–H and O–H groups in total. The minimum atomic E-state index is -0.0545. The summed E-state index contributed by atoms with van der Waals surface area (Å²) < 4.78 is 17.5. The fourth-order valence-electron chi connectivity index (χ4n) is 4.16. The topological polar surface area (TPSA) is 51.9 Å². The van der Waals surface area contributed by atoms with Gasteiger partial charge >= 0.3 is 0 Å². The van der Waals surface area contributed by atoms with Gasteiger partial charge in [-0.1, -0.05) is 35.9 Å². The van der Waals surface area contributed by atoms with Gasteiger partial charge in [-0.3, -0.25) is 9.69 Å². The fourth-order valence-corrected chi connectivity index (χ4v) is 4.29. The molecule has 0 atom stereocenters. The molecule has 162 valence electrons. The quantitative estimate of drug-likeness (QED) is 0.396. The van der Waals surface area contributed by atoms with Crippen molar-refractivity contribution in [2.24, 2.45) is 0 Å². The standard InChI is InChI=1S/C26H22ClNO4/c1-16-24(18-5-7-19(27)8-6-18)25(29)21-11-12-23-22(26(21)32-16)14-28(15-31-23)13-17-3-9-20(30-2)10-4-17/h3-12H,13-15H2,1-2H3. The third kappa shape index (κ3) is 3.74. The van der Waals surface area contributed by atoms with Crippen LogP contribution in [0.1, 0.15) is 16.9 Å². The summed E-state index contributed by atoms with van der Waals surface area (Å²) in [6, 6.07) is 18.9. The molecule has 0 saturated heterocycles. The summed E-state index contributed by atoms with van der Waals surface area (Å²) in [6.07, 6.45) is 0. The van der Waals surface area contributed by atoms with Crippen molar-refractivity contribution in [2.45, 2.75) is 20.0 Å². The van der Waals surface area contributed by atoms with E-state index in [1.807, 2.05) is 49.4 Å². The Bertz CT molecular complexity index is 1340. The lowest BCUT2D eigenvalue weighted by molar-refractivity contribution is 0.0890. The summed E-state index contributed by atoms with van der Waals surface area (Å²) in [5.41, 5.74) is 3.92. The molecule has 1 aliphatic rings. The van der Waals surface area contributed by atoms with Crippen LogP contribution < -0.4 is 14.9 Å². The van der Waals surface area contributed by atoms with Crippen molar-refractivity contribution in [1.82, 2.24) is 4.90 Å². The molecule has 5 nitrogen and oxygen atoms in total. The monoisotopic (exact) mass is 447 g/mol. The van der Waals surface area contributed by atoms with Gasteiger partial charge in [0.2, 0.25) is 5.43 Å². The predicted molar refractivity (Wildman–Crippen MR) is 125 cm³/mol. The fraction of sp³-hybridized carbons (Fsp3) is 0.192. The number of aryl methyl sites for hydroxylation is 1. The van der Waals surface area contributed by atoms with E-state index in [4.69, 9.17) is 25.5 Å². The van der Waals surface area contributed by atoms with Crippen LogP contribution in [0.3, 0.4) is 0 Å². The molecule has 0 bridgehead atoms. The average Bonchev–Trinajstić information content (AvgIpc) is 2.81. The Labute approximate surface area is 190 Å². The largest absolute Gasteiger partial charge is 0.497 e. The molecule has 0 unspecified atom stereocenters. The number of hydrogen-bond donors (Lipinski definition) is 0. The van der Waals surface area contributed by atoms with Crippen molar-refractivity contribution in [2.75, 3.05) is 13.8 Å². The van der Waals surface area contributed by atoms with Crippen LogP contribution in [0.2, 0.25) is 5.02 Å². The van der Waals surface area contributed by atoms with Crippen molar-refractivity contribution in [3.05, 3.63) is 92.8 Å². The average molecular weight is 448 g/mol. The maximum absolute atomic E-state index is 13.4. The van der Waals surface area contributed by atoms with Crippen LogP contribution in [0.25, 0.3) is 22.1 Å². The Kier molecular flexibility index (Phi) is 5.37. The first-order valence-corrected chi connectivity index (χ1v) is 10.7. The molecule has 0 radical (unpaired) electrons. The van der Waals surface area contributed by atoms with Crippen LogP contribution >= 0.6 is 11.6 Å². The molecule has 3 aromatic carbocycles. The molecule has 32 heavy (non-hydrogen) atoms. The van der Waals surface area contributed by atoms with Gasteiger partial charge in [-0.2, -0.15) is 0 Å². The van der Waals surface area contributed by atoms with Gasteiger partial charge < -0.3 is 13.9 Å². The summed E-state index contributed by atoms with van der Waals surface area (Å²) >= 11 is 6.01. The lowest BCUT2D eigenvalue weighted by Gasteiger charge is -2.29. The van der Waals surface area contributed by atoms with Crippen LogP contribution in [-0.4, -0.2) is 18.7 Å². The Morgan fingerprint density at radius 3 is 2.50 bits per heavy atom. The van der Waals surface area contributed by atoms with Gasteiger partial charge in [0.05, 0.1) is 23.6 Å². The van der Waals surface area contributed by atoms with Gasteiger partial charge in [-0.15, -0.1) is 0 Å². The molecular weight excluding hydrogens is 426 g/mol. The van der Waals surface area contributed by atoms with Crippen LogP contribution in [-0.2, 0) is 13.1 Å². The second kappa shape index (κ2) is 8.34. The first-order valence-electron chi connectivity index (χ1n) is 10.4. The van der Waals surface area contributed by atoms with Crippen molar-refractivity contribution >= 4 is 22.6 Å². The smallest absolute Gasteiger partial charge is 0.200 e. The van der Waals surface area contributed by atoms with Crippen molar-refractivity contribution in [1.29, 1.82) is 0 Å². The first kappa shape index (κ1) is 20.6. The van der Waals surface area contributed by atoms with Crippen LogP contribution in [0, 0.1) is 6.92 Å². The SMILES string of the molecule is COc1ccc(CN2COc3ccc4c(=O)c(-c5ccc(Cl)cc5)c(C)oc4c3C2)cc1. The lowest BCUT2D eigenvalue weighted by atomic mass is 10.0. The summed E-state index contributed by atoms with van der Waals surface area (Å²) in [5, 5.41) is 1.17. The number of benzene rings is 3. The first-order chi connectivity index (χ1) is 15.5. The normalized spacial score (nSPS) is 13.6. The molecule has 0 amide bonds. The van der Waals surface area contributed by atoms with Gasteiger partial charge in [0.15, 0.2) is 0 Å². The van der Waals surface area contributed by atoms with E-state index in [1.165, 1.54) is 0 Å². The Hall–Kier alpha value is -3.28. The van der Waals surface area contributed by atoms with Crippen molar-refractivity contribution in [3.8, 4) is 22.6 Å². The second-order valence-electron chi connectivity index (χ2n) is 7.90. The van der Waals surface area contributed by atoms with E-state index >= 15 is 0 Å². The minimum Gasteiger partial charge on any atom is -0.497 e. The van der Waals surface area contributed by atoms with Crippen molar-refractivity contribution in [3.63, 3.8) is 0 Å². The number of hydrogen-bond acceptors (Lipinski definition) is 5. The molecule has 6 heteroatoms. The molecule has 0 aliphatic carbocycles. The van der Waals surface area contributed by atoms with E-state index in [0.717, 1.165) is 28.2 Å². The molecule has 0 spiro atoms. The van der Waals surface area contributed by atoms with Gasteiger partial charge in [0.25, 0.3) is 0 Å². The molecule has 4 aromatic rings. The van der Waals surface area contributed by atoms with E-state index in [2.05, 4.69) is 4.90 Å². The van der Waals surface area contributed by atoms with E-state index in [9.17, 15) is 4.79 Å². The zero-order chi connectivity index (χ0) is 22.2. The van der Waals surface area contributed by atoms with E-state index < -0.39 is 0 Å². The Morgan fingerprint density at radius 1 is 1.03 bits per heavy atom. The van der Waals surface area contributed by atoms with Crippen molar-refractivity contribution < 1.29 is 13.9 Å². The van der Waals surface area contributed by atoms with Gasteiger partial charge in [0.1, 0.15) is 29.6 Å². The lowest BCUT2D eigenvalue weighted by Crippen LogP contribution is -2.31. The van der Waals surface area contributed by atoms with Crippen LogP contribution in [0.4, 0.5) is 0 Å². The number of rotatable bonds is 4.